The maximum Gasteiger partial charge on any atom is 0.401 e. The zero-order valence-electron chi connectivity index (χ0n) is 9.68. The molecule has 0 aromatic heterocycles. The van der Waals surface area contributed by atoms with Crippen molar-refractivity contribution in [1.29, 1.82) is 0 Å². The molecule has 0 saturated heterocycles. The minimum atomic E-state index is -4.68. The van der Waals surface area contributed by atoms with Crippen LogP contribution in [0.15, 0.2) is 18.2 Å². The zero-order chi connectivity index (χ0) is 14.8. The molecule has 2 N–H and O–H groups in total. The highest BCUT2D eigenvalue weighted by atomic mass is 19.4. The van der Waals surface area contributed by atoms with Gasteiger partial charge in [-0.05, 0) is 13.0 Å². The molecule has 106 valence electrons. The van der Waals surface area contributed by atoms with Crippen molar-refractivity contribution in [3.63, 3.8) is 0 Å². The third-order valence-electron chi connectivity index (χ3n) is 2.56. The van der Waals surface area contributed by atoms with E-state index in [1.165, 1.54) is 0 Å². The molecule has 0 fully saturated rings. The Kier molecular flexibility index (Phi) is 4.14. The average Bonchev–Trinajstić information content (AvgIpc) is 2.28. The molecule has 0 heterocycles. The molecule has 0 amide bonds. The first-order valence-corrected chi connectivity index (χ1v) is 5.07. The minimum Gasteiger partial charge on any atom is -0.480 e. The van der Waals surface area contributed by atoms with Crippen molar-refractivity contribution in [3.05, 3.63) is 35.4 Å². The standard InChI is InChI=1S/C11H10F5NO2/c1-10(9(18)19,17-5-11(14,15)16)6-3-2-4-7(12)8(6)13/h2-4,17H,5H2,1H3,(H,18,19). The predicted octanol–water partition coefficient (Wildman–Crippen LogP) is 2.42. The first-order valence-electron chi connectivity index (χ1n) is 5.07. The van der Waals surface area contributed by atoms with Crippen LogP contribution in [0.3, 0.4) is 0 Å². The van der Waals surface area contributed by atoms with Crippen LogP contribution < -0.4 is 5.32 Å². The fourth-order valence-corrected chi connectivity index (χ4v) is 1.45. The second-order valence-corrected chi connectivity index (χ2v) is 4.00. The summed E-state index contributed by atoms with van der Waals surface area (Å²) in [6, 6.07) is 2.67. The molecule has 0 saturated carbocycles. The number of nitrogens with one attached hydrogen (secondary N) is 1. The molecule has 1 aromatic rings. The van der Waals surface area contributed by atoms with Crippen LogP contribution in [-0.4, -0.2) is 23.8 Å². The second kappa shape index (κ2) is 5.12. The summed E-state index contributed by atoms with van der Waals surface area (Å²) >= 11 is 0. The number of hydrogen-bond donors (Lipinski definition) is 2. The van der Waals surface area contributed by atoms with E-state index in [2.05, 4.69) is 0 Å². The Hall–Kier alpha value is -1.70. The third kappa shape index (κ3) is 3.40. The normalized spacial score (nSPS) is 15.1. The van der Waals surface area contributed by atoms with Gasteiger partial charge < -0.3 is 5.11 Å². The fourth-order valence-electron chi connectivity index (χ4n) is 1.45. The summed E-state index contributed by atoms with van der Waals surface area (Å²) in [5.74, 6) is -4.58. The van der Waals surface area contributed by atoms with Gasteiger partial charge in [-0.15, -0.1) is 0 Å². The second-order valence-electron chi connectivity index (χ2n) is 4.00. The van der Waals surface area contributed by atoms with Crippen LogP contribution in [0.1, 0.15) is 12.5 Å². The maximum absolute atomic E-state index is 13.5. The largest absolute Gasteiger partial charge is 0.480 e. The molecular formula is C11H10F5NO2. The average molecular weight is 283 g/mol. The lowest BCUT2D eigenvalue weighted by atomic mass is 9.91. The van der Waals surface area contributed by atoms with Gasteiger partial charge in [0.15, 0.2) is 11.6 Å². The van der Waals surface area contributed by atoms with Crippen molar-refractivity contribution in [2.75, 3.05) is 6.54 Å². The van der Waals surface area contributed by atoms with Crippen LogP contribution in [0.25, 0.3) is 0 Å². The summed E-state index contributed by atoms with van der Waals surface area (Å²) in [7, 11) is 0. The number of alkyl halides is 3. The van der Waals surface area contributed by atoms with Crippen molar-refractivity contribution < 1.29 is 31.9 Å². The van der Waals surface area contributed by atoms with E-state index >= 15 is 0 Å². The monoisotopic (exact) mass is 283 g/mol. The van der Waals surface area contributed by atoms with Crippen LogP contribution in [-0.2, 0) is 10.3 Å². The van der Waals surface area contributed by atoms with Crippen molar-refractivity contribution in [1.82, 2.24) is 5.32 Å². The molecule has 0 bridgehead atoms. The highest BCUT2D eigenvalue weighted by Crippen LogP contribution is 2.27. The summed E-state index contributed by atoms with van der Waals surface area (Å²) in [5, 5.41) is 10.7. The number of hydrogen-bond acceptors (Lipinski definition) is 2. The molecule has 1 rings (SSSR count). The summed E-state index contributed by atoms with van der Waals surface area (Å²) in [6.07, 6.45) is -4.68. The number of rotatable bonds is 4. The van der Waals surface area contributed by atoms with E-state index in [-0.39, 0.29) is 0 Å². The lowest BCUT2D eigenvalue weighted by molar-refractivity contribution is -0.150. The predicted molar refractivity (Wildman–Crippen MR) is 55.4 cm³/mol. The van der Waals surface area contributed by atoms with Crippen molar-refractivity contribution in [3.8, 4) is 0 Å². The maximum atomic E-state index is 13.5. The van der Waals surface area contributed by atoms with Crippen molar-refractivity contribution in [2.24, 2.45) is 0 Å². The quantitative estimate of drug-likeness (QED) is 0.834. The Morgan fingerprint density at radius 3 is 2.37 bits per heavy atom. The van der Waals surface area contributed by atoms with E-state index in [9.17, 15) is 26.7 Å². The Labute approximate surface area is 105 Å². The van der Waals surface area contributed by atoms with Gasteiger partial charge >= 0.3 is 12.1 Å². The molecule has 0 aliphatic carbocycles. The summed E-state index contributed by atoms with van der Waals surface area (Å²) in [5.41, 5.74) is -3.09. The highest BCUT2D eigenvalue weighted by Gasteiger charge is 2.41. The van der Waals surface area contributed by atoms with E-state index in [4.69, 9.17) is 5.11 Å². The molecule has 1 unspecified atom stereocenters. The molecule has 0 aliphatic rings. The number of halogens is 5. The number of carbonyl (C=O) groups is 1. The SMILES string of the molecule is CC(NCC(F)(F)F)(C(=O)O)c1cccc(F)c1F. The Morgan fingerprint density at radius 1 is 1.32 bits per heavy atom. The number of carboxylic acids is 1. The summed E-state index contributed by atoms with van der Waals surface area (Å²) in [6.45, 7) is -0.815. The van der Waals surface area contributed by atoms with E-state index in [0.29, 0.717) is 0 Å². The van der Waals surface area contributed by atoms with Crippen LogP contribution >= 0.6 is 0 Å². The van der Waals surface area contributed by atoms with Gasteiger partial charge in [-0.25, -0.2) is 13.6 Å². The first kappa shape index (κ1) is 15.4. The number of benzene rings is 1. The van der Waals surface area contributed by atoms with Crippen LogP contribution in [0.4, 0.5) is 22.0 Å². The van der Waals surface area contributed by atoms with Crippen LogP contribution in [0.5, 0.6) is 0 Å². The molecule has 8 heteroatoms. The molecule has 1 atom stereocenters. The van der Waals surface area contributed by atoms with Crippen LogP contribution in [0, 0.1) is 11.6 Å². The highest BCUT2D eigenvalue weighted by molar-refractivity contribution is 5.80. The van der Waals surface area contributed by atoms with Gasteiger partial charge in [-0.1, -0.05) is 12.1 Å². The summed E-state index contributed by atoms with van der Waals surface area (Å²) < 4.78 is 62.9. The van der Waals surface area contributed by atoms with Crippen molar-refractivity contribution >= 4 is 5.97 Å². The molecule has 0 aliphatic heterocycles. The van der Waals surface area contributed by atoms with Gasteiger partial charge in [0, 0.05) is 5.56 Å². The topological polar surface area (TPSA) is 49.3 Å². The number of carboxylic acid groups (broad SMARTS) is 1. The smallest absolute Gasteiger partial charge is 0.401 e. The van der Waals surface area contributed by atoms with Crippen LogP contribution in [0.2, 0.25) is 0 Å². The van der Waals surface area contributed by atoms with Crippen molar-refractivity contribution in [2.45, 2.75) is 18.6 Å². The minimum absolute atomic E-state index is 0.704. The molecule has 1 aromatic carbocycles. The fraction of sp³-hybridized carbons (Fsp3) is 0.364. The van der Waals surface area contributed by atoms with E-state index in [1.54, 1.807) is 5.32 Å². The Morgan fingerprint density at radius 2 is 1.89 bits per heavy atom. The lowest BCUT2D eigenvalue weighted by Crippen LogP contribution is -2.50. The summed E-state index contributed by atoms with van der Waals surface area (Å²) in [4.78, 5) is 11.1. The van der Waals surface area contributed by atoms with Gasteiger partial charge in [0.25, 0.3) is 0 Å². The van der Waals surface area contributed by atoms with E-state index in [1.807, 2.05) is 0 Å². The zero-order valence-corrected chi connectivity index (χ0v) is 9.68. The van der Waals surface area contributed by atoms with Gasteiger partial charge in [-0.3, -0.25) is 5.32 Å². The molecule has 19 heavy (non-hydrogen) atoms. The van der Waals surface area contributed by atoms with Gasteiger partial charge in [0.05, 0.1) is 6.54 Å². The first-order chi connectivity index (χ1) is 8.58. The Balaban J connectivity index is 3.19. The molecule has 0 spiro atoms. The Bertz CT molecular complexity index is 488. The van der Waals surface area contributed by atoms with Gasteiger partial charge in [-0.2, -0.15) is 13.2 Å². The van der Waals surface area contributed by atoms with Gasteiger partial charge in [0.2, 0.25) is 0 Å². The third-order valence-corrected chi connectivity index (χ3v) is 2.56. The lowest BCUT2D eigenvalue weighted by Gasteiger charge is -2.27. The van der Waals surface area contributed by atoms with E-state index in [0.717, 1.165) is 25.1 Å². The molecule has 3 nitrogen and oxygen atoms in total. The molecular weight excluding hydrogens is 273 g/mol. The van der Waals surface area contributed by atoms with Gasteiger partial charge in [0.1, 0.15) is 5.54 Å². The molecule has 0 radical (unpaired) electrons. The number of aliphatic carboxylic acids is 1. The van der Waals surface area contributed by atoms with E-state index < -0.39 is 41.4 Å².